The Bertz CT molecular complexity index is 669. The zero-order chi connectivity index (χ0) is 19.4. The molecule has 1 saturated carbocycles. The zero-order valence-electron chi connectivity index (χ0n) is 16.2. The summed E-state index contributed by atoms with van der Waals surface area (Å²) >= 11 is 0. The van der Waals surface area contributed by atoms with Gasteiger partial charge in [-0.05, 0) is 49.4 Å². The highest BCUT2D eigenvalue weighted by Crippen LogP contribution is 2.45. The van der Waals surface area contributed by atoms with Crippen LogP contribution < -0.4 is 10.1 Å². The van der Waals surface area contributed by atoms with Gasteiger partial charge in [-0.3, -0.25) is 9.59 Å². The summed E-state index contributed by atoms with van der Waals surface area (Å²) < 4.78 is 19.1. The van der Waals surface area contributed by atoms with Gasteiger partial charge in [0, 0.05) is 6.54 Å². The molecule has 3 rings (SSSR count). The van der Waals surface area contributed by atoms with Crippen LogP contribution in [0, 0.1) is 11.7 Å². The highest BCUT2D eigenvalue weighted by atomic mass is 19.1. The van der Waals surface area contributed by atoms with Crippen molar-refractivity contribution in [1.82, 2.24) is 10.2 Å². The highest BCUT2D eigenvalue weighted by molar-refractivity contribution is 5.94. The molecule has 2 amide bonds. The molecule has 1 N–H and O–H groups in total. The Morgan fingerprint density at radius 1 is 1.26 bits per heavy atom. The number of amides is 2. The standard InChI is InChI=1S/C21H29FN2O3/c1-15(2)10-13-23-18(25)14-24-20(26)19(21(24)11-4-3-5-12-21)27-17-8-6-16(22)7-9-17/h6-9,15,19H,3-5,10-14H2,1-2H3,(H,23,25). The van der Waals surface area contributed by atoms with Crippen molar-refractivity contribution in [2.75, 3.05) is 13.1 Å². The number of β-lactam (4-membered cyclic amide) rings is 1. The van der Waals surface area contributed by atoms with Gasteiger partial charge in [-0.2, -0.15) is 0 Å². The Labute approximate surface area is 160 Å². The van der Waals surface area contributed by atoms with Crippen molar-refractivity contribution in [1.29, 1.82) is 0 Å². The fourth-order valence-corrected chi connectivity index (χ4v) is 4.11. The van der Waals surface area contributed by atoms with Crippen molar-refractivity contribution in [2.24, 2.45) is 5.92 Å². The Balaban J connectivity index is 1.66. The minimum Gasteiger partial charge on any atom is -0.478 e. The number of ether oxygens (including phenoxy) is 1. The highest BCUT2D eigenvalue weighted by Gasteiger charge is 2.62. The van der Waals surface area contributed by atoms with E-state index >= 15 is 0 Å². The van der Waals surface area contributed by atoms with Gasteiger partial charge in [0.15, 0.2) is 6.10 Å². The van der Waals surface area contributed by atoms with E-state index < -0.39 is 11.6 Å². The number of carbonyl (C=O) groups is 2. The van der Waals surface area contributed by atoms with Crippen LogP contribution >= 0.6 is 0 Å². The minimum absolute atomic E-state index is 0.0835. The molecule has 1 atom stereocenters. The molecule has 0 radical (unpaired) electrons. The number of likely N-dealkylation sites (tertiary alicyclic amines) is 1. The topological polar surface area (TPSA) is 58.6 Å². The molecule has 1 heterocycles. The molecule has 1 aromatic rings. The number of halogens is 1. The second-order valence-corrected chi connectivity index (χ2v) is 8.07. The third-order valence-corrected chi connectivity index (χ3v) is 5.65. The molecule has 1 unspecified atom stereocenters. The summed E-state index contributed by atoms with van der Waals surface area (Å²) in [7, 11) is 0. The second-order valence-electron chi connectivity index (χ2n) is 8.07. The SMILES string of the molecule is CC(C)CCNC(=O)CN1C(=O)C(Oc2ccc(F)cc2)C12CCCCC2. The minimum atomic E-state index is -0.591. The predicted molar refractivity (Wildman–Crippen MR) is 101 cm³/mol. The Morgan fingerprint density at radius 2 is 1.93 bits per heavy atom. The van der Waals surface area contributed by atoms with E-state index in [1.165, 1.54) is 12.1 Å². The van der Waals surface area contributed by atoms with Crippen LogP contribution in [-0.4, -0.2) is 41.4 Å². The van der Waals surface area contributed by atoms with Crippen LogP contribution in [0.3, 0.4) is 0 Å². The number of nitrogens with one attached hydrogen (secondary N) is 1. The molecule has 2 fully saturated rings. The summed E-state index contributed by atoms with van der Waals surface area (Å²) in [6.07, 6.45) is 5.17. The van der Waals surface area contributed by atoms with Crippen LogP contribution in [0.1, 0.15) is 52.4 Å². The molecular formula is C21H29FN2O3. The Hall–Kier alpha value is -2.11. The van der Waals surface area contributed by atoms with Crippen LogP contribution in [0.4, 0.5) is 4.39 Å². The lowest BCUT2D eigenvalue weighted by Gasteiger charge is -2.58. The zero-order valence-corrected chi connectivity index (χ0v) is 16.2. The maximum atomic E-state index is 13.1. The van der Waals surface area contributed by atoms with E-state index in [1.807, 2.05) is 0 Å². The van der Waals surface area contributed by atoms with Gasteiger partial charge in [0.1, 0.15) is 18.1 Å². The molecule has 1 saturated heterocycles. The first kappa shape index (κ1) is 19.6. The summed E-state index contributed by atoms with van der Waals surface area (Å²) in [5.41, 5.74) is -0.418. The maximum Gasteiger partial charge on any atom is 0.267 e. The van der Waals surface area contributed by atoms with Gasteiger partial charge in [-0.15, -0.1) is 0 Å². The maximum absolute atomic E-state index is 13.1. The van der Waals surface area contributed by atoms with Crippen molar-refractivity contribution in [2.45, 2.75) is 64.0 Å². The average molecular weight is 376 g/mol. The fourth-order valence-electron chi connectivity index (χ4n) is 4.11. The lowest BCUT2D eigenvalue weighted by atomic mass is 9.70. The molecule has 1 aromatic carbocycles. The first-order valence-electron chi connectivity index (χ1n) is 9.93. The van der Waals surface area contributed by atoms with Crippen LogP contribution in [0.5, 0.6) is 5.75 Å². The summed E-state index contributed by atoms with van der Waals surface area (Å²) in [5, 5.41) is 2.91. The Kier molecular flexibility index (Phi) is 6.02. The summed E-state index contributed by atoms with van der Waals surface area (Å²) in [6, 6.07) is 5.73. The van der Waals surface area contributed by atoms with Crippen LogP contribution in [0.15, 0.2) is 24.3 Å². The van der Waals surface area contributed by atoms with Crippen LogP contribution in [0.2, 0.25) is 0 Å². The lowest BCUT2D eigenvalue weighted by Crippen LogP contribution is -2.77. The normalized spacial score (nSPS) is 21.3. The monoisotopic (exact) mass is 376 g/mol. The number of nitrogens with zero attached hydrogens (tertiary/aromatic N) is 1. The van der Waals surface area contributed by atoms with E-state index in [-0.39, 0.29) is 24.2 Å². The first-order chi connectivity index (χ1) is 12.9. The van der Waals surface area contributed by atoms with Crippen LogP contribution in [-0.2, 0) is 9.59 Å². The summed E-state index contributed by atoms with van der Waals surface area (Å²) in [5.74, 6) is 0.402. The number of benzene rings is 1. The van der Waals surface area contributed by atoms with Crippen molar-refractivity contribution in [3.05, 3.63) is 30.1 Å². The van der Waals surface area contributed by atoms with Crippen molar-refractivity contribution >= 4 is 11.8 Å². The van der Waals surface area contributed by atoms with Gasteiger partial charge in [-0.25, -0.2) is 4.39 Å². The fraction of sp³-hybridized carbons (Fsp3) is 0.619. The van der Waals surface area contributed by atoms with E-state index in [4.69, 9.17) is 4.74 Å². The molecule has 2 aliphatic rings. The molecule has 27 heavy (non-hydrogen) atoms. The predicted octanol–water partition coefficient (Wildman–Crippen LogP) is 3.28. The van der Waals surface area contributed by atoms with Crippen molar-refractivity contribution in [3.63, 3.8) is 0 Å². The molecule has 1 spiro atoms. The van der Waals surface area contributed by atoms with Gasteiger partial charge in [0.2, 0.25) is 5.91 Å². The van der Waals surface area contributed by atoms with Crippen LogP contribution in [0.25, 0.3) is 0 Å². The third-order valence-electron chi connectivity index (χ3n) is 5.65. The van der Waals surface area contributed by atoms with Gasteiger partial charge >= 0.3 is 0 Å². The molecule has 5 nitrogen and oxygen atoms in total. The number of hydrogen-bond acceptors (Lipinski definition) is 3. The third kappa shape index (κ3) is 4.25. The van der Waals surface area contributed by atoms with Crippen molar-refractivity contribution < 1.29 is 18.7 Å². The smallest absolute Gasteiger partial charge is 0.267 e. The molecular weight excluding hydrogens is 347 g/mol. The molecule has 6 heteroatoms. The summed E-state index contributed by atoms with van der Waals surface area (Å²) in [4.78, 5) is 26.8. The van der Waals surface area contributed by atoms with Gasteiger partial charge < -0.3 is 15.0 Å². The molecule has 148 valence electrons. The van der Waals surface area contributed by atoms with E-state index in [9.17, 15) is 14.0 Å². The Morgan fingerprint density at radius 3 is 2.56 bits per heavy atom. The number of rotatable bonds is 7. The average Bonchev–Trinajstić information content (AvgIpc) is 2.66. The quantitative estimate of drug-likeness (QED) is 0.743. The lowest BCUT2D eigenvalue weighted by molar-refractivity contribution is -0.187. The van der Waals surface area contributed by atoms with E-state index in [2.05, 4.69) is 19.2 Å². The van der Waals surface area contributed by atoms with Gasteiger partial charge in [-0.1, -0.05) is 33.1 Å². The molecule has 1 aliphatic heterocycles. The number of hydrogen-bond donors (Lipinski definition) is 1. The van der Waals surface area contributed by atoms with E-state index in [1.54, 1.807) is 17.0 Å². The van der Waals surface area contributed by atoms with Crippen molar-refractivity contribution in [3.8, 4) is 5.75 Å². The largest absolute Gasteiger partial charge is 0.478 e. The summed E-state index contributed by atoms with van der Waals surface area (Å²) in [6.45, 7) is 4.93. The first-order valence-corrected chi connectivity index (χ1v) is 9.93. The van der Waals surface area contributed by atoms with Gasteiger partial charge in [0.25, 0.3) is 5.91 Å². The van der Waals surface area contributed by atoms with Gasteiger partial charge in [0.05, 0.1) is 5.54 Å². The molecule has 0 aromatic heterocycles. The molecule has 0 bridgehead atoms. The molecule has 1 aliphatic carbocycles. The van der Waals surface area contributed by atoms with E-state index in [0.29, 0.717) is 18.2 Å². The number of carbonyl (C=O) groups excluding carboxylic acids is 2. The van der Waals surface area contributed by atoms with E-state index in [0.717, 1.165) is 38.5 Å². The second kappa shape index (κ2) is 8.28.